The molecule has 0 saturated carbocycles. The van der Waals surface area contributed by atoms with Gasteiger partial charge in [-0.3, -0.25) is 14.9 Å². The minimum atomic E-state index is -0.668. The predicted octanol–water partition coefficient (Wildman–Crippen LogP) is 2.72. The molecule has 2 N–H and O–H groups in total. The van der Waals surface area contributed by atoms with Crippen molar-refractivity contribution >= 4 is 29.4 Å². The molecule has 0 radical (unpaired) electrons. The Kier molecular flexibility index (Phi) is 4.70. The number of nitrogens with one attached hydrogen (secondary N) is 1. The lowest BCUT2D eigenvalue weighted by Gasteiger charge is -2.01. The average molecular weight is 320 g/mol. The Bertz CT molecular complexity index is 744. The number of carbonyl (C=O) groups is 1. The highest BCUT2D eigenvalue weighted by Gasteiger charge is 2.15. The van der Waals surface area contributed by atoms with E-state index in [2.05, 4.69) is 10.5 Å². The summed E-state index contributed by atoms with van der Waals surface area (Å²) in [4.78, 5) is 21.9. The van der Waals surface area contributed by atoms with E-state index in [1.165, 1.54) is 30.5 Å². The van der Waals surface area contributed by atoms with Gasteiger partial charge in [0.05, 0.1) is 11.1 Å². The van der Waals surface area contributed by atoms with Crippen molar-refractivity contribution < 1.29 is 14.8 Å². The number of phenols is 1. The number of hydrazone groups is 1. The molecule has 0 aliphatic rings. The van der Waals surface area contributed by atoms with Gasteiger partial charge in [-0.05, 0) is 42.0 Å². The Balaban J connectivity index is 2.08. The van der Waals surface area contributed by atoms with Crippen molar-refractivity contribution in [1.82, 2.24) is 5.43 Å². The summed E-state index contributed by atoms with van der Waals surface area (Å²) in [5.41, 5.74) is 2.64. The third kappa shape index (κ3) is 3.80. The minimum Gasteiger partial charge on any atom is -0.508 e. The monoisotopic (exact) mass is 319 g/mol. The number of aromatic hydroxyl groups is 1. The van der Waals surface area contributed by atoms with Crippen molar-refractivity contribution in [1.29, 1.82) is 0 Å². The summed E-state index contributed by atoms with van der Waals surface area (Å²) in [6.07, 6.45) is 1.38. The lowest BCUT2D eigenvalue weighted by atomic mass is 10.2. The van der Waals surface area contributed by atoms with Crippen molar-refractivity contribution in [2.75, 3.05) is 0 Å². The van der Waals surface area contributed by atoms with Gasteiger partial charge in [0.1, 0.15) is 10.8 Å². The largest absolute Gasteiger partial charge is 0.508 e. The second-order valence-corrected chi connectivity index (χ2v) is 4.62. The van der Waals surface area contributed by atoms with E-state index in [1.807, 2.05) is 0 Å². The molecule has 1 amide bonds. The number of rotatable bonds is 4. The molecule has 8 heteroatoms. The van der Waals surface area contributed by atoms with Crippen LogP contribution in [0, 0.1) is 10.1 Å². The molecule has 0 atom stereocenters. The molecule has 0 saturated heterocycles. The standard InChI is InChI=1S/C14H10ClN3O4/c15-12-6-3-10(7-13(12)18(21)22)14(20)17-16-8-9-1-4-11(19)5-2-9/h1-8,19H,(H,17,20)/b16-8+. The van der Waals surface area contributed by atoms with Crippen LogP contribution in [0.3, 0.4) is 0 Å². The number of halogens is 1. The zero-order chi connectivity index (χ0) is 16.1. The molecule has 0 heterocycles. The highest BCUT2D eigenvalue weighted by molar-refractivity contribution is 6.32. The summed E-state index contributed by atoms with van der Waals surface area (Å²) in [7, 11) is 0. The molecule has 0 aromatic heterocycles. The zero-order valence-corrected chi connectivity index (χ0v) is 11.8. The van der Waals surface area contributed by atoms with Gasteiger partial charge in [0, 0.05) is 11.6 Å². The number of nitro groups is 1. The first kappa shape index (κ1) is 15.5. The van der Waals surface area contributed by atoms with Gasteiger partial charge in [0.15, 0.2) is 0 Å². The van der Waals surface area contributed by atoms with E-state index in [-0.39, 0.29) is 22.0 Å². The lowest BCUT2D eigenvalue weighted by Crippen LogP contribution is -2.17. The molecule has 112 valence electrons. The molecular formula is C14H10ClN3O4. The fourth-order valence-corrected chi connectivity index (χ4v) is 1.77. The topological polar surface area (TPSA) is 105 Å². The number of hydrogen-bond acceptors (Lipinski definition) is 5. The van der Waals surface area contributed by atoms with Crippen LogP contribution in [0.2, 0.25) is 5.02 Å². The number of carbonyl (C=O) groups excluding carboxylic acids is 1. The van der Waals surface area contributed by atoms with E-state index in [9.17, 15) is 14.9 Å². The van der Waals surface area contributed by atoms with Crippen LogP contribution < -0.4 is 5.43 Å². The Labute approximate surface area is 130 Å². The number of benzene rings is 2. The smallest absolute Gasteiger partial charge is 0.288 e. The predicted molar refractivity (Wildman–Crippen MR) is 81.3 cm³/mol. The van der Waals surface area contributed by atoms with E-state index in [4.69, 9.17) is 16.7 Å². The highest BCUT2D eigenvalue weighted by Crippen LogP contribution is 2.24. The lowest BCUT2D eigenvalue weighted by molar-refractivity contribution is -0.384. The van der Waals surface area contributed by atoms with Crippen molar-refractivity contribution in [2.24, 2.45) is 5.10 Å². The first-order valence-corrected chi connectivity index (χ1v) is 6.41. The summed E-state index contributed by atoms with van der Waals surface area (Å²) < 4.78 is 0. The average Bonchev–Trinajstić information content (AvgIpc) is 2.49. The summed E-state index contributed by atoms with van der Waals surface area (Å²) in [6, 6.07) is 9.89. The molecular weight excluding hydrogens is 310 g/mol. The van der Waals surface area contributed by atoms with Gasteiger partial charge in [0.25, 0.3) is 11.6 Å². The molecule has 0 fully saturated rings. The number of phenolic OH excluding ortho intramolecular Hbond substituents is 1. The Morgan fingerprint density at radius 3 is 2.59 bits per heavy atom. The second kappa shape index (κ2) is 6.68. The summed E-state index contributed by atoms with van der Waals surface area (Å²) in [6.45, 7) is 0. The third-order valence-electron chi connectivity index (χ3n) is 2.68. The van der Waals surface area contributed by atoms with Crippen LogP contribution in [0.15, 0.2) is 47.6 Å². The van der Waals surface area contributed by atoms with Crippen LogP contribution in [-0.2, 0) is 0 Å². The molecule has 0 aliphatic carbocycles. The van der Waals surface area contributed by atoms with Crippen LogP contribution in [0.4, 0.5) is 5.69 Å². The fourth-order valence-electron chi connectivity index (χ4n) is 1.58. The van der Waals surface area contributed by atoms with Crippen LogP contribution in [0.1, 0.15) is 15.9 Å². The molecule has 22 heavy (non-hydrogen) atoms. The van der Waals surface area contributed by atoms with E-state index < -0.39 is 10.8 Å². The molecule has 0 bridgehead atoms. The van der Waals surface area contributed by atoms with Gasteiger partial charge in [-0.15, -0.1) is 0 Å². The number of nitrogens with zero attached hydrogens (tertiary/aromatic N) is 2. The molecule has 2 aromatic rings. The maximum atomic E-state index is 11.8. The van der Waals surface area contributed by atoms with Gasteiger partial charge in [-0.2, -0.15) is 5.10 Å². The zero-order valence-electron chi connectivity index (χ0n) is 11.1. The van der Waals surface area contributed by atoms with Gasteiger partial charge in [-0.25, -0.2) is 5.43 Å². The Morgan fingerprint density at radius 2 is 1.95 bits per heavy atom. The van der Waals surface area contributed by atoms with E-state index in [0.717, 1.165) is 6.07 Å². The molecule has 0 spiro atoms. The summed E-state index contributed by atoms with van der Waals surface area (Å²) in [5, 5.41) is 23.6. The Morgan fingerprint density at radius 1 is 1.27 bits per heavy atom. The molecule has 7 nitrogen and oxygen atoms in total. The first-order chi connectivity index (χ1) is 10.5. The number of nitro benzene ring substituents is 1. The van der Waals surface area contributed by atoms with Crippen molar-refractivity contribution in [3.63, 3.8) is 0 Å². The summed E-state index contributed by atoms with van der Waals surface area (Å²) in [5.74, 6) is -0.482. The maximum Gasteiger partial charge on any atom is 0.288 e. The van der Waals surface area contributed by atoms with Gasteiger partial charge >= 0.3 is 0 Å². The van der Waals surface area contributed by atoms with Gasteiger partial charge in [0.2, 0.25) is 0 Å². The maximum absolute atomic E-state index is 11.8. The van der Waals surface area contributed by atoms with Crippen LogP contribution in [-0.4, -0.2) is 22.2 Å². The highest BCUT2D eigenvalue weighted by atomic mass is 35.5. The quantitative estimate of drug-likeness (QED) is 0.513. The van der Waals surface area contributed by atoms with Crippen molar-refractivity contribution in [3.8, 4) is 5.75 Å². The molecule has 2 rings (SSSR count). The normalized spacial score (nSPS) is 10.6. The van der Waals surface area contributed by atoms with Crippen LogP contribution in [0.25, 0.3) is 0 Å². The minimum absolute atomic E-state index is 0.0471. The van der Waals surface area contributed by atoms with Crippen molar-refractivity contribution in [3.05, 3.63) is 68.7 Å². The third-order valence-corrected chi connectivity index (χ3v) is 3.00. The van der Waals surface area contributed by atoms with E-state index in [0.29, 0.717) is 5.56 Å². The number of amides is 1. The van der Waals surface area contributed by atoms with Gasteiger partial charge < -0.3 is 5.11 Å². The summed E-state index contributed by atoms with van der Waals surface area (Å²) >= 11 is 5.67. The number of hydrogen-bond donors (Lipinski definition) is 2. The SMILES string of the molecule is O=C(N/N=C/c1ccc(O)cc1)c1ccc(Cl)c([N+](=O)[O-])c1. The van der Waals surface area contributed by atoms with Crippen molar-refractivity contribution in [2.45, 2.75) is 0 Å². The fraction of sp³-hybridized carbons (Fsp3) is 0. The Hall–Kier alpha value is -2.93. The first-order valence-electron chi connectivity index (χ1n) is 6.04. The molecule has 0 aliphatic heterocycles. The second-order valence-electron chi connectivity index (χ2n) is 4.21. The van der Waals surface area contributed by atoms with E-state index in [1.54, 1.807) is 12.1 Å². The molecule has 0 unspecified atom stereocenters. The van der Waals surface area contributed by atoms with Crippen LogP contribution >= 0.6 is 11.6 Å². The van der Waals surface area contributed by atoms with Gasteiger partial charge in [-0.1, -0.05) is 11.6 Å². The van der Waals surface area contributed by atoms with E-state index >= 15 is 0 Å². The molecule has 2 aromatic carbocycles. The van der Waals surface area contributed by atoms with Crippen LogP contribution in [0.5, 0.6) is 5.75 Å².